The van der Waals surface area contributed by atoms with Gasteiger partial charge in [-0.2, -0.15) is 15.0 Å². The summed E-state index contributed by atoms with van der Waals surface area (Å²) in [5, 5.41) is 6.43. The monoisotopic (exact) mass is 282 g/mol. The molecule has 0 bridgehead atoms. The molecular weight excluding hydrogens is 256 g/mol. The van der Waals surface area contributed by atoms with Gasteiger partial charge in [0.15, 0.2) is 0 Å². The molecule has 1 unspecified atom stereocenters. The lowest BCUT2D eigenvalue weighted by Crippen LogP contribution is -2.37. The Balaban J connectivity index is 2.90. The molecule has 0 saturated heterocycles. The zero-order chi connectivity index (χ0) is 15.1. The smallest absolute Gasteiger partial charge is 0.322 e. The molecule has 114 valence electrons. The van der Waals surface area contributed by atoms with E-state index >= 15 is 0 Å². The summed E-state index contributed by atoms with van der Waals surface area (Å²) >= 11 is 0. The molecule has 0 aliphatic carbocycles. The maximum Gasteiger partial charge on any atom is 0.322 e. The van der Waals surface area contributed by atoms with Crippen LogP contribution in [-0.2, 0) is 0 Å². The fourth-order valence-corrected chi connectivity index (χ4v) is 1.73. The third-order valence-corrected chi connectivity index (χ3v) is 2.81. The van der Waals surface area contributed by atoms with E-state index in [2.05, 4.69) is 58.4 Å². The molecule has 1 rings (SSSR count). The van der Waals surface area contributed by atoms with Gasteiger partial charge in [-0.3, -0.25) is 0 Å². The largest absolute Gasteiger partial charge is 0.467 e. The van der Waals surface area contributed by atoms with Crippen molar-refractivity contribution in [1.29, 1.82) is 0 Å². The molecule has 1 aromatic heterocycles. The summed E-state index contributed by atoms with van der Waals surface area (Å²) < 4.78 is 5.11. The van der Waals surface area contributed by atoms with E-state index in [1.807, 2.05) is 6.92 Å². The van der Waals surface area contributed by atoms with E-state index in [1.54, 1.807) is 7.11 Å². The van der Waals surface area contributed by atoms with Crippen molar-refractivity contribution in [3.05, 3.63) is 0 Å². The predicted molar refractivity (Wildman–Crippen MR) is 81.3 cm³/mol. The van der Waals surface area contributed by atoms with Crippen LogP contribution in [0.25, 0.3) is 0 Å². The van der Waals surface area contributed by atoms with Crippen LogP contribution in [0.15, 0.2) is 0 Å². The van der Waals surface area contributed by atoms with Gasteiger partial charge >= 0.3 is 6.01 Å². The van der Waals surface area contributed by atoms with Crippen molar-refractivity contribution >= 4 is 11.9 Å². The number of ether oxygens (including phenoxy) is 1. The van der Waals surface area contributed by atoms with Crippen LogP contribution in [0.1, 0.15) is 20.8 Å². The van der Waals surface area contributed by atoms with E-state index in [4.69, 9.17) is 4.74 Å². The van der Waals surface area contributed by atoms with Crippen molar-refractivity contribution in [2.24, 2.45) is 5.92 Å². The van der Waals surface area contributed by atoms with Crippen molar-refractivity contribution in [2.45, 2.75) is 26.8 Å². The Kier molecular flexibility index (Phi) is 6.44. The Morgan fingerprint density at radius 2 is 1.80 bits per heavy atom. The molecule has 0 fully saturated rings. The first-order valence-electron chi connectivity index (χ1n) is 6.91. The van der Waals surface area contributed by atoms with Crippen LogP contribution in [0.5, 0.6) is 6.01 Å². The Morgan fingerprint density at radius 3 is 2.30 bits per heavy atom. The lowest BCUT2D eigenvalue weighted by atomic mass is 10.0. The lowest BCUT2D eigenvalue weighted by molar-refractivity contribution is 0.342. The van der Waals surface area contributed by atoms with Crippen LogP contribution in [0.4, 0.5) is 11.9 Å². The Labute approximate surface area is 121 Å². The number of likely N-dealkylation sites (N-methyl/N-ethyl adjacent to an activating group) is 1. The number of rotatable bonds is 8. The molecule has 0 aliphatic rings. The van der Waals surface area contributed by atoms with Crippen LogP contribution in [-0.4, -0.2) is 60.2 Å². The second-order valence-electron chi connectivity index (χ2n) is 5.26. The second kappa shape index (κ2) is 7.84. The molecular formula is C13H26N6O. The van der Waals surface area contributed by atoms with E-state index in [9.17, 15) is 0 Å². The van der Waals surface area contributed by atoms with Gasteiger partial charge in [-0.05, 0) is 26.9 Å². The van der Waals surface area contributed by atoms with E-state index in [1.165, 1.54) is 0 Å². The summed E-state index contributed by atoms with van der Waals surface area (Å²) in [5.74, 6) is 1.52. The quantitative estimate of drug-likeness (QED) is 0.744. The molecule has 7 nitrogen and oxygen atoms in total. The van der Waals surface area contributed by atoms with Gasteiger partial charge in [-0.15, -0.1) is 0 Å². The highest BCUT2D eigenvalue weighted by molar-refractivity contribution is 5.36. The summed E-state index contributed by atoms with van der Waals surface area (Å²) in [6.45, 7) is 7.99. The van der Waals surface area contributed by atoms with Crippen LogP contribution >= 0.6 is 0 Å². The van der Waals surface area contributed by atoms with Gasteiger partial charge < -0.3 is 20.3 Å². The van der Waals surface area contributed by atoms with E-state index in [-0.39, 0.29) is 6.04 Å². The van der Waals surface area contributed by atoms with Crippen molar-refractivity contribution in [2.75, 3.05) is 44.9 Å². The van der Waals surface area contributed by atoms with E-state index in [0.29, 0.717) is 23.8 Å². The molecule has 20 heavy (non-hydrogen) atoms. The third kappa shape index (κ3) is 5.16. The summed E-state index contributed by atoms with van der Waals surface area (Å²) in [6, 6.07) is 0.567. The van der Waals surface area contributed by atoms with Crippen LogP contribution < -0.4 is 15.4 Å². The molecule has 1 atom stereocenters. The fraction of sp³-hybridized carbons (Fsp3) is 0.769. The third-order valence-electron chi connectivity index (χ3n) is 2.81. The van der Waals surface area contributed by atoms with Crippen LogP contribution in [0, 0.1) is 5.92 Å². The summed E-state index contributed by atoms with van der Waals surface area (Å²) in [6.07, 6.45) is 0. The molecule has 0 amide bonds. The number of nitrogens with zero attached hydrogens (tertiary/aromatic N) is 4. The number of anilines is 2. The molecule has 1 aromatic rings. The van der Waals surface area contributed by atoms with E-state index in [0.717, 1.165) is 13.1 Å². The van der Waals surface area contributed by atoms with Crippen molar-refractivity contribution in [3.63, 3.8) is 0 Å². The minimum absolute atomic E-state index is 0.256. The highest BCUT2D eigenvalue weighted by Gasteiger charge is 2.16. The lowest BCUT2D eigenvalue weighted by Gasteiger charge is -2.25. The SMILES string of the molecule is CCNc1nc(NC(CN(C)C)C(C)C)nc(OC)n1. The Morgan fingerprint density at radius 1 is 1.15 bits per heavy atom. The molecule has 0 spiro atoms. The molecule has 7 heteroatoms. The zero-order valence-corrected chi connectivity index (χ0v) is 13.3. The van der Waals surface area contributed by atoms with Gasteiger partial charge in [-0.25, -0.2) is 0 Å². The predicted octanol–water partition coefficient (Wildman–Crippen LogP) is 1.31. The number of hydrogen-bond acceptors (Lipinski definition) is 7. The van der Waals surface area contributed by atoms with Crippen LogP contribution in [0.3, 0.4) is 0 Å². The molecule has 2 N–H and O–H groups in total. The van der Waals surface area contributed by atoms with Gasteiger partial charge in [0.1, 0.15) is 0 Å². The molecule has 0 aromatic carbocycles. The van der Waals surface area contributed by atoms with Crippen LogP contribution in [0.2, 0.25) is 0 Å². The van der Waals surface area contributed by atoms with Crippen molar-refractivity contribution in [3.8, 4) is 6.01 Å². The van der Waals surface area contributed by atoms with Crippen molar-refractivity contribution in [1.82, 2.24) is 19.9 Å². The van der Waals surface area contributed by atoms with Gasteiger partial charge in [0.25, 0.3) is 0 Å². The summed E-state index contributed by atoms with van der Waals surface area (Å²) in [4.78, 5) is 14.9. The van der Waals surface area contributed by atoms with Gasteiger partial charge in [0.05, 0.1) is 7.11 Å². The fourth-order valence-electron chi connectivity index (χ4n) is 1.73. The first kappa shape index (κ1) is 16.4. The second-order valence-corrected chi connectivity index (χ2v) is 5.26. The number of methoxy groups -OCH3 is 1. The summed E-state index contributed by atoms with van der Waals surface area (Å²) in [5.41, 5.74) is 0. The average Bonchev–Trinajstić information content (AvgIpc) is 2.37. The number of hydrogen-bond donors (Lipinski definition) is 2. The van der Waals surface area contributed by atoms with E-state index < -0.39 is 0 Å². The first-order valence-corrected chi connectivity index (χ1v) is 6.91. The molecule has 0 saturated carbocycles. The normalized spacial score (nSPS) is 12.6. The molecule has 1 heterocycles. The maximum absolute atomic E-state index is 5.11. The highest BCUT2D eigenvalue weighted by Crippen LogP contribution is 2.14. The maximum atomic E-state index is 5.11. The first-order chi connectivity index (χ1) is 9.46. The van der Waals surface area contributed by atoms with Gasteiger partial charge in [0.2, 0.25) is 11.9 Å². The minimum atomic E-state index is 0.256. The topological polar surface area (TPSA) is 75.2 Å². The van der Waals surface area contributed by atoms with Crippen molar-refractivity contribution < 1.29 is 4.74 Å². The molecule has 0 radical (unpaired) electrons. The van der Waals surface area contributed by atoms with Gasteiger partial charge in [-0.1, -0.05) is 13.8 Å². The Hall–Kier alpha value is -1.63. The average molecular weight is 282 g/mol. The Bertz CT molecular complexity index is 410. The standard InChI is InChI=1S/C13H26N6O/c1-7-14-11-16-12(18-13(17-11)20-6)15-10(9(2)3)8-19(4)5/h9-10H,7-8H2,1-6H3,(H2,14,15,16,17,18). The minimum Gasteiger partial charge on any atom is -0.467 e. The highest BCUT2D eigenvalue weighted by atomic mass is 16.5. The number of aromatic nitrogens is 3. The molecule has 0 aliphatic heterocycles. The zero-order valence-electron chi connectivity index (χ0n) is 13.3. The summed E-state index contributed by atoms with van der Waals surface area (Å²) in [7, 11) is 5.65. The van der Waals surface area contributed by atoms with Gasteiger partial charge in [0, 0.05) is 19.1 Å². The number of nitrogens with one attached hydrogen (secondary N) is 2.